The van der Waals surface area contributed by atoms with Crippen LogP contribution in [0.25, 0.3) is 21.3 Å². The van der Waals surface area contributed by atoms with Gasteiger partial charge in [-0.1, -0.05) is 29.8 Å². The zero-order valence-electron chi connectivity index (χ0n) is 16.9. The Morgan fingerprint density at radius 3 is 2.60 bits per heavy atom. The van der Waals surface area contributed by atoms with E-state index in [0.717, 1.165) is 16.7 Å². The largest absolute Gasteiger partial charge is 0.341 e. The minimum atomic E-state index is -0.110. The van der Waals surface area contributed by atoms with Crippen LogP contribution >= 0.6 is 11.3 Å². The van der Waals surface area contributed by atoms with Crippen LogP contribution in [0, 0.1) is 6.92 Å². The lowest BCUT2D eigenvalue weighted by Crippen LogP contribution is -2.29. The van der Waals surface area contributed by atoms with Crippen LogP contribution in [0.5, 0.6) is 0 Å². The predicted octanol–water partition coefficient (Wildman–Crippen LogP) is 3.88. The second-order valence-corrected chi connectivity index (χ2v) is 8.15. The molecule has 6 nitrogen and oxygen atoms in total. The van der Waals surface area contributed by atoms with E-state index in [2.05, 4.69) is 9.97 Å². The second kappa shape index (κ2) is 8.59. The van der Waals surface area contributed by atoms with Gasteiger partial charge < -0.3 is 4.90 Å². The number of amides is 1. The highest BCUT2D eigenvalue weighted by molar-refractivity contribution is 7.17. The molecule has 4 rings (SSSR count). The Labute approximate surface area is 178 Å². The Bertz CT molecular complexity index is 1230. The van der Waals surface area contributed by atoms with E-state index in [1.54, 1.807) is 24.3 Å². The number of pyridine rings is 1. The van der Waals surface area contributed by atoms with Crippen molar-refractivity contribution < 1.29 is 4.79 Å². The first-order chi connectivity index (χ1) is 14.5. The summed E-state index contributed by atoms with van der Waals surface area (Å²) < 4.78 is 1.53. The van der Waals surface area contributed by atoms with Gasteiger partial charge in [-0.3, -0.25) is 19.1 Å². The van der Waals surface area contributed by atoms with Crippen molar-refractivity contribution in [2.45, 2.75) is 26.4 Å². The molecular weight excluding hydrogens is 396 g/mol. The summed E-state index contributed by atoms with van der Waals surface area (Å²) in [5.41, 5.74) is 3.96. The molecule has 0 aliphatic heterocycles. The zero-order chi connectivity index (χ0) is 21.1. The smallest absolute Gasteiger partial charge is 0.262 e. The highest BCUT2D eigenvalue weighted by atomic mass is 32.1. The van der Waals surface area contributed by atoms with Gasteiger partial charge in [0.1, 0.15) is 4.83 Å². The molecule has 7 heteroatoms. The quantitative estimate of drug-likeness (QED) is 0.477. The third-order valence-corrected chi connectivity index (χ3v) is 5.97. The molecule has 1 aromatic carbocycles. The number of hydrogen-bond acceptors (Lipinski definition) is 5. The molecule has 30 heavy (non-hydrogen) atoms. The topological polar surface area (TPSA) is 68.1 Å². The van der Waals surface area contributed by atoms with E-state index >= 15 is 0 Å². The maximum absolute atomic E-state index is 13.1. The van der Waals surface area contributed by atoms with Crippen molar-refractivity contribution in [2.75, 3.05) is 7.05 Å². The van der Waals surface area contributed by atoms with Crippen LogP contribution in [-0.4, -0.2) is 32.4 Å². The Hall–Kier alpha value is -3.32. The Balaban J connectivity index is 1.53. The number of fused-ring (bicyclic) bond motifs is 1. The Morgan fingerprint density at radius 2 is 1.87 bits per heavy atom. The van der Waals surface area contributed by atoms with Gasteiger partial charge in [-0.25, -0.2) is 4.98 Å². The van der Waals surface area contributed by atoms with Gasteiger partial charge >= 0.3 is 0 Å². The number of carbonyl (C=O) groups excluding carboxylic acids is 1. The summed E-state index contributed by atoms with van der Waals surface area (Å²) in [6.45, 7) is 2.84. The lowest BCUT2D eigenvalue weighted by Gasteiger charge is -2.17. The molecule has 3 aromatic heterocycles. The van der Waals surface area contributed by atoms with E-state index < -0.39 is 0 Å². The first-order valence-electron chi connectivity index (χ1n) is 9.69. The third-order valence-electron chi connectivity index (χ3n) is 5.08. The SMILES string of the molecule is Cc1ccc(-c2csc3ncn(CCC(=O)N(C)Cc4ccncc4)c(=O)c23)cc1. The highest BCUT2D eigenvalue weighted by Crippen LogP contribution is 2.30. The second-order valence-electron chi connectivity index (χ2n) is 7.29. The summed E-state index contributed by atoms with van der Waals surface area (Å²) in [7, 11) is 1.77. The van der Waals surface area contributed by atoms with Crippen LogP contribution in [0.4, 0.5) is 0 Å². The zero-order valence-corrected chi connectivity index (χ0v) is 17.7. The number of hydrogen-bond donors (Lipinski definition) is 0. The molecule has 0 saturated heterocycles. The van der Waals surface area contributed by atoms with Crippen molar-refractivity contribution in [3.8, 4) is 11.1 Å². The van der Waals surface area contributed by atoms with Crippen LogP contribution in [0.15, 0.2) is 65.3 Å². The van der Waals surface area contributed by atoms with Crippen LogP contribution < -0.4 is 5.56 Å². The van der Waals surface area contributed by atoms with E-state index in [0.29, 0.717) is 23.3 Å². The van der Waals surface area contributed by atoms with Crippen LogP contribution in [0.3, 0.4) is 0 Å². The minimum absolute atomic E-state index is 0.0251. The molecular formula is C23H22N4O2S. The lowest BCUT2D eigenvalue weighted by molar-refractivity contribution is -0.130. The van der Waals surface area contributed by atoms with Crippen molar-refractivity contribution in [3.05, 3.63) is 82.0 Å². The molecule has 0 aliphatic rings. The van der Waals surface area contributed by atoms with Gasteiger partial charge in [0, 0.05) is 49.9 Å². The van der Waals surface area contributed by atoms with Crippen molar-refractivity contribution in [1.29, 1.82) is 0 Å². The van der Waals surface area contributed by atoms with E-state index in [9.17, 15) is 9.59 Å². The standard InChI is InChI=1S/C23H22N4O2S/c1-16-3-5-18(6-4-16)19-14-30-22-21(19)23(29)27(15-25-22)12-9-20(28)26(2)13-17-7-10-24-11-8-17/h3-8,10-11,14-15H,9,12-13H2,1-2H3. The number of aromatic nitrogens is 3. The van der Waals surface area contributed by atoms with Crippen molar-refractivity contribution in [2.24, 2.45) is 0 Å². The lowest BCUT2D eigenvalue weighted by atomic mass is 10.1. The van der Waals surface area contributed by atoms with Crippen LogP contribution in [-0.2, 0) is 17.9 Å². The predicted molar refractivity (Wildman–Crippen MR) is 119 cm³/mol. The molecule has 0 radical (unpaired) electrons. The first kappa shape index (κ1) is 20.0. The summed E-state index contributed by atoms with van der Waals surface area (Å²) >= 11 is 1.46. The number of carbonyl (C=O) groups is 1. The molecule has 152 valence electrons. The molecule has 0 aliphatic carbocycles. The normalized spacial score (nSPS) is 11.0. The van der Waals surface area contributed by atoms with Crippen molar-refractivity contribution in [3.63, 3.8) is 0 Å². The van der Waals surface area contributed by atoms with E-state index in [1.165, 1.54) is 27.8 Å². The molecule has 0 unspecified atom stereocenters. The van der Waals surface area contributed by atoms with Crippen LogP contribution in [0.2, 0.25) is 0 Å². The van der Waals surface area contributed by atoms with Gasteiger partial charge in [-0.2, -0.15) is 0 Å². The average molecular weight is 419 g/mol. The average Bonchev–Trinajstić information content (AvgIpc) is 3.19. The minimum Gasteiger partial charge on any atom is -0.341 e. The Morgan fingerprint density at radius 1 is 1.13 bits per heavy atom. The number of rotatable bonds is 6. The van der Waals surface area contributed by atoms with Gasteiger partial charge in [-0.05, 0) is 30.2 Å². The molecule has 0 saturated carbocycles. The molecule has 0 bridgehead atoms. The number of benzene rings is 1. The summed E-state index contributed by atoms with van der Waals surface area (Å²) in [5, 5.41) is 2.59. The number of nitrogens with zero attached hydrogens (tertiary/aromatic N) is 4. The molecule has 4 aromatic rings. The molecule has 0 atom stereocenters. The molecule has 0 spiro atoms. The summed E-state index contributed by atoms with van der Waals surface area (Å²) in [5.74, 6) is -0.0251. The van der Waals surface area contributed by atoms with Gasteiger partial charge in [0.25, 0.3) is 5.56 Å². The maximum atomic E-state index is 13.1. The van der Waals surface area contributed by atoms with E-state index in [-0.39, 0.29) is 17.9 Å². The monoisotopic (exact) mass is 418 g/mol. The van der Waals surface area contributed by atoms with Gasteiger partial charge in [0.05, 0.1) is 11.7 Å². The van der Waals surface area contributed by atoms with Crippen molar-refractivity contribution in [1.82, 2.24) is 19.4 Å². The van der Waals surface area contributed by atoms with E-state index in [1.807, 2.05) is 48.7 Å². The number of thiophene rings is 1. The molecule has 3 heterocycles. The highest BCUT2D eigenvalue weighted by Gasteiger charge is 2.15. The summed E-state index contributed by atoms with van der Waals surface area (Å²) in [4.78, 5) is 36.5. The molecule has 0 fully saturated rings. The van der Waals surface area contributed by atoms with E-state index in [4.69, 9.17) is 0 Å². The fourth-order valence-corrected chi connectivity index (χ4v) is 4.24. The fraction of sp³-hybridized carbons (Fsp3) is 0.217. The van der Waals surface area contributed by atoms with Crippen LogP contribution in [0.1, 0.15) is 17.5 Å². The fourth-order valence-electron chi connectivity index (χ4n) is 3.33. The summed E-state index contributed by atoms with van der Waals surface area (Å²) in [6, 6.07) is 11.9. The van der Waals surface area contributed by atoms with Gasteiger partial charge in [0.2, 0.25) is 5.91 Å². The maximum Gasteiger partial charge on any atom is 0.262 e. The Kier molecular flexibility index (Phi) is 5.72. The van der Waals surface area contributed by atoms with Gasteiger partial charge in [0.15, 0.2) is 0 Å². The van der Waals surface area contributed by atoms with Gasteiger partial charge in [-0.15, -0.1) is 11.3 Å². The third kappa shape index (κ3) is 4.16. The number of aryl methyl sites for hydroxylation is 2. The molecule has 0 N–H and O–H groups in total. The summed E-state index contributed by atoms with van der Waals surface area (Å²) in [6.07, 6.45) is 5.19. The molecule has 1 amide bonds. The first-order valence-corrected chi connectivity index (χ1v) is 10.6. The van der Waals surface area contributed by atoms with Crippen molar-refractivity contribution >= 4 is 27.5 Å².